The summed E-state index contributed by atoms with van der Waals surface area (Å²) in [6.07, 6.45) is 0. The molecule has 2 heterocycles. The molecule has 0 aliphatic carbocycles. The third-order valence-electron chi connectivity index (χ3n) is 4.73. The molecule has 1 aromatic heterocycles. The first-order valence-corrected chi connectivity index (χ1v) is 11.2. The van der Waals surface area contributed by atoms with Crippen LogP contribution in [0.15, 0.2) is 29.2 Å². The van der Waals surface area contributed by atoms with Gasteiger partial charge in [-0.2, -0.15) is 4.31 Å². The lowest BCUT2D eigenvalue weighted by molar-refractivity contribution is 0.0601. The molecule has 1 aliphatic rings. The number of methoxy groups -OCH3 is 1. The second-order valence-corrected chi connectivity index (χ2v) is 9.64. The van der Waals surface area contributed by atoms with E-state index in [4.69, 9.17) is 9.47 Å². The molecule has 0 atom stereocenters. The smallest absolute Gasteiger partial charge is 0.341 e. The van der Waals surface area contributed by atoms with Crippen molar-refractivity contribution >= 4 is 38.2 Å². The Kier molecular flexibility index (Phi) is 6.37. The fraction of sp³-hybridized carbons (Fsp3) is 0.368. The molecule has 8 nitrogen and oxygen atoms in total. The number of carbonyl (C=O) groups is 2. The number of sulfonamides is 1. The Morgan fingerprint density at radius 3 is 2.34 bits per heavy atom. The molecule has 1 aliphatic heterocycles. The predicted molar refractivity (Wildman–Crippen MR) is 109 cm³/mol. The van der Waals surface area contributed by atoms with Crippen LogP contribution in [0.4, 0.5) is 5.00 Å². The molecule has 3 rings (SSSR count). The van der Waals surface area contributed by atoms with E-state index in [0.29, 0.717) is 36.9 Å². The van der Waals surface area contributed by atoms with Gasteiger partial charge in [-0.05, 0) is 43.7 Å². The molecular formula is C19H22N2O6S2. The van der Waals surface area contributed by atoms with Gasteiger partial charge in [0.1, 0.15) is 5.00 Å². The molecule has 0 bridgehead atoms. The van der Waals surface area contributed by atoms with Crippen molar-refractivity contribution in [3.63, 3.8) is 0 Å². The topological polar surface area (TPSA) is 102 Å². The maximum atomic E-state index is 12.7. The van der Waals surface area contributed by atoms with Gasteiger partial charge < -0.3 is 14.8 Å². The van der Waals surface area contributed by atoms with E-state index in [9.17, 15) is 18.0 Å². The lowest BCUT2D eigenvalue weighted by Gasteiger charge is -2.26. The standard InChI is InChI=1S/C19H22N2O6S2/c1-12-13(2)28-18(16(12)19(23)26-3)20-17(22)14-4-6-15(7-5-14)29(24,25)21-8-10-27-11-9-21/h4-7H,8-11H2,1-3H3,(H,20,22). The van der Waals surface area contributed by atoms with Gasteiger partial charge in [-0.3, -0.25) is 4.79 Å². The molecule has 156 valence electrons. The van der Waals surface area contributed by atoms with E-state index in [1.54, 1.807) is 6.92 Å². The van der Waals surface area contributed by atoms with Crippen LogP contribution in [-0.2, 0) is 19.5 Å². The quantitative estimate of drug-likeness (QED) is 0.720. The van der Waals surface area contributed by atoms with Gasteiger partial charge in [-0.1, -0.05) is 0 Å². The lowest BCUT2D eigenvalue weighted by Crippen LogP contribution is -2.40. The molecule has 0 unspecified atom stereocenters. The summed E-state index contributed by atoms with van der Waals surface area (Å²) >= 11 is 1.29. The van der Waals surface area contributed by atoms with Crippen LogP contribution in [0.5, 0.6) is 0 Å². The zero-order valence-corrected chi connectivity index (χ0v) is 18.0. The summed E-state index contributed by atoms with van der Waals surface area (Å²) in [7, 11) is -2.34. The van der Waals surface area contributed by atoms with Crippen molar-refractivity contribution < 1.29 is 27.5 Å². The Morgan fingerprint density at radius 2 is 1.76 bits per heavy atom. The summed E-state index contributed by atoms with van der Waals surface area (Å²) in [5.74, 6) is -0.958. The summed E-state index contributed by atoms with van der Waals surface area (Å²) in [5.41, 5.74) is 1.37. The number of benzene rings is 1. The minimum absolute atomic E-state index is 0.119. The zero-order chi connectivity index (χ0) is 21.2. The van der Waals surface area contributed by atoms with Gasteiger partial charge in [0.05, 0.1) is 30.8 Å². The minimum Gasteiger partial charge on any atom is -0.465 e. The van der Waals surface area contributed by atoms with Crippen molar-refractivity contribution in [2.45, 2.75) is 18.7 Å². The third-order valence-corrected chi connectivity index (χ3v) is 7.76. The van der Waals surface area contributed by atoms with Crippen LogP contribution in [0.2, 0.25) is 0 Å². The first-order chi connectivity index (χ1) is 13.8. The average Bonchev–Trinajstić information content (AvgIpc) is 3.01. The first kappa shape index (κ1) is 21.4. The van der Waals surface area contributed by atoms with Crippen LogP contribution < -0.4 is 5.32 Å². The van der Waals surface area contributed by atoms with Crippen molar-refractivity contribution in [2.75, 3.05) is 38.7 Å². The molecule has 0 radical (unpaired) electrons. The second kappa shape index (κ2) is 8.62. The number of morpholine rings is 1. The van der Waals surface area contributed by atoms with Gasteiger partial charge in [0.25, 0.3) is 5.91 Å². The number of anilines is 1. The van der Waals surface area contributed by atoms with Crippen molar-refractivity contribution in [1.29, 1.82) is 0 Å². The number of hydrogen-bond donors (Lipinski definition) is 1. The van der Waals surface area contributed by atoms with Gasteiger partial charge in [-0.25, -0.2) is 13.2 Å². The van der Waals surface area contributed by atoms with E-state index in [-0.39, 0.29) is 10.5 Å². The van der Waals surface area contributed by atoms with Crippen molar-refractivity contribution in [3.8, 4) is 0 Å². The van der Waals surface area contributed by atoms with Gasteiger partial charge in [0.15, 0.2) is 0 Å². The van der Waals surface area contributed by atoms with Crippen LogP contribution in [0.3, 0.4) is 0 Å². The van der Waals surface area contributed by atoms with Crippen LogP contribution in [0, 0.1) is 13.8 Å². The Balaban J connectivity index is 1.80. The van der Waals surface area contributed by atoms with E-state index in [2.05, 4.69) is 5.32 Å². The van der Waals surface area contributed by atoms with Crippen LogP contribution in [0.25, 0.3) is 0 Å². The number of carbonyl (C=O) groups excluding carboxylic acids is 2. The maximum Gasteiger partial charge on any atom is 0.341 e. The number of thiophene rings is 1. The maximum absolute atomic E-state index is 12.7. The van der Waals surface area contributed by atoms with E-state index >= 15 is 0 Å². The molecule has 10 heteroatoms. The SMILES string of the molecule is COC(=O)c1c(NC(=O)c2ccc(S(=O)(=O)N3CCOCC3)cc2)sc(C)c1C. The number of esters is 1. The van der Waals surface area contributed by atoms with Gasteiger partial charge in [0, 0.05) is 23.5 Å². The van der Waals surface area contributed by atoms with Crippen molar-refractivity contribution in [1.82, 2.24) is 4.31 Å². The van der Waals surface area contributed by atoms with Crippen LogP contribution >= 0.6 is 11.3 Å². The molecule has 2 aromatic rings. The third kappa shape index (κ3) is 4.35. The average molecular weight is 439 g/mol. The van der Waals surface area contributed by atoms with E-state index < -0.39 is 21.9 Å². The summed E-state index contributed by atoms with van der Waals surface area (Å²) in [5, 5.41) is 3.13. The predicted octanol–water partition coefficient (Wildman–Crippen LogP) is 2.42. The van der Waals surface area contributed by atoms with Crippen LogP contribution in [0.1, 0.15) is 31.2 Å². The first-order valence-electron chi connectivity index (χ1n) is 8.93. The Hall–Kier alpha value is -2.27. The minimum atomic E-state index is -3.62. The monoisotopic (exact) mass is 438 g/mol. The summed E-state index contributed by atoms with van der Waals surface area (Å²) in [6.45, 7) is 4.98. The van der Waals surface area contributed by atoms with Crippen LogP contribution in [-0.4, -0.2) is 58.0 Å². The van der Waals surface area contributed by atoms with Crippen molar-refractivity contribution in [2.24, 2.45) is 0 Å². The van der Waals surface area contributed by atoms with Gasteiger partial charge in [0.2, 0.25) is 10.0 Å². The fourth-order valence-corrected chi connectivity index (χ4v) is 5.40. The molecular weight excluding hydrogens is 416 g/mol. The lowest BCUT2D eigenvalue weighted by atomic mass is 10.1. The van der Waals surface area contributed by atoms with Gasteiger partial charge >= 0.3 is 5.97 Å². The number of rotatable bonds is 5. The van der Waals surface area contributed by atoms with E-state index in [1.165, 1.54) is 47.0 Å². The molecule has 1 amide bonds. The van der Waals surface area contributed by atoms with Gasteiger partial charge in [-0.15, -0.1) is 11.3 Å². The molecule has 1 N–H and O–H groups in total. The number of ether oxygens (including phenoxy) is 2. The molecule has 0 spiro atoms. The second-order valence-electron chi connectivity index (χ2n) is 6.47. The van der Waals surface area contributed by atoms with E-state index in [1.807, 2.05) is 6.92 Å². The highest BCUT2D eigenvalue weighted by Crippen LogP contribution is 2.33. The number of hydrogen-bond acceptors (Lipinski definition) is 7. The molecule has 0 saturated carbocycles. The highest BCUT2D eigenvalue weighted by atomic mass is 32.2. The number of aryl methyl sites for hydroxylation is 1. The highest BCUT2D eigenvalue weighted by Gasteiger charge is 2.27. The molecule has 1 fully saturated rings. The molecule has 1 aromatic carbocycles. The summed E-state index contributed by atoms with van der Waals surface area (Å²) in [6, 6.07) is 5.72. The normalized spacial score (nSPS) is 15.1. The molecule has 1 saturated heterocycles. The van der Waals surface area contributed by atoms with Crippen molar-refractivity contribution in [3.05, 3.63) is 45.8 Å². The zero-order valence-electron chi connectivity index (χ0n) is 16.4. The molecule has 29 heavy (non-hydrogen) atoms. The highest BCUT2D eigenvalue weighted by molar-refractivity contribution is 7.89. The largest absolute Gasteiger partial charge is 0.465 e. The fourth-order valence-electron chi connectivity index (χ4n) is 2.95. The Morgan fingerprint density at radius 1 is 1.14 bits per heavy atom. The summed E-state index contributed by atoms with van der Waals surface area (Å²) < 4.78 is 36.7. The number of amides is 1. The summed E-state index contributed by atoms with van der Waals surface area (Å²) in [4.78, 5) is 25.7. The Bertz CT molecular complexity index is 1020. The number of nitrogens with zero attached hydrogens (tertiary/aromatic N) is 1. The Labute approximate surface area is 173 Å². The van der Waals surface area contributed by atoms with E-state index in [0.717, 1.165) is 10.4 Å². The number of nitrogens with one attached hydrogen (secondary N) is 1.